The van der Waals surface area contributed by atoms with Gasteiger partial charge in [0.1, 0.15) is 12.2 Å². The Bertz CT molecular complexity index is 251. The Balaban J connectivity index is 2.49. The molecule has 0 saturated carbocycles. The van der Waals surface area contributed by atoms with Crippen molar-refractivity contribution < 1.29 is 16.8 Å². The Kier molecular flexibility index (Phi) is 5.02. The summed E-state index contributed by atoms with van der Waals surface area (Å²) in [6.07, 6.45) is 5.05. The van der Waals surface area contributed by atoms with Gasteiger partial charge in [-0.25, -0.2) is 8.37 Å². The van der Waals surface area contributed by atoms with E-state index in [1.807, 2.05) is 0 Å². The van der Waals surface area contributed by atoms with Crippen LogP contribution in [0.1, 0.15) is 52.4 Å². The van der Waals surface area contributed by atoms with Gasteiger partial charge in [-0.05, 0) is 12.8 Å². The zero-order valence-corrected chi connectivity index (χ0v) is 10.3. The molecule has 0 bridgehead atoms. The number of rotatable bonds is 6. The molecule has 4 nitrogen and oxygen atoms in total. The summed E-state index contributed by atoms with van der Waals surface area (Å²) < 4.78 is 32.1. The van der Waals surface area contributed by atoms with Crippen LogP contribution >= 0.6 is 0 Å². The maximum Gasteiger partial charge on any atom is 0.400 e. The van der Waals surface area contributed by atoms with Crippen molar-refractivity contribution in [2.75, 3.05) is 0 Å². The molecule has 1 aliphatic rings. The maximum absolute atomic E-state index is 11.1. The molecule has 0 aromatic rings. The lowest BCUT2D eigenvalue weighted by Crippen LogP contribution is -2.22. The second-order valence-corrected chi connectivity index (χ2v) is 5.16. The van der Waals surface area contributed by atoms with Gasteiger partial charge in [0.15, 0.2) is 0 Å². The van der Waals surface area contributed by atoms with Gasteiger partial charge in [0, 0.05) is 0 Å². The van der Waals surface area contributed by atoms with E-state index in [1.165, 1.54) is 0 Å². The largest absolute Gasteiger partial charge is 0.400 e. The zero-order chi connectivity index (χ0) is 11.3. The molecule has 90 valence electrons. The summed E-state index contributed by atoms with van der Waals surface area (Å²) in [6, 6.07) is 0. The molecule has 0 radical (unpaired) electrons. The molecule has 1 saturated heterocycles. The number of hydrogen-bond donors (Lipinski definition) is 0. The van der Waals surface area contributed by atoms with Crippen LogP contribution in [-0.4, -0.2) is 20.6 Å². The maximum atomic E-state index is 11.1. The fourth-order valence-corrected chi connectivity index (χ4v) is 2.82. The van der Waals surface area contributed by atoms with Gasteiger partial charge in [-0.1, -0.05) is 39.5 Å². The summed E-state index contributed by atoms with van der Waals surface area (Å²) in [5.41, 5.74) is 0. The molecule has 0 amide bonds. The highest BCUT2D eigenvalue weighted by Crippen LogP contribution is 2.27. The molecule has 1 rings (SSSR count). The molecule has 1 fully saturated rings. The third-order valence-electron chi connectivity index (χ3n) is 2.58. The standard InChI is InChI=1S/C10H20O4S/c1-3-5-7-9-10(8-6-4-2)14-15(11,12)13-9/h9-10H,3-8H2,1-2H3/t9-,10-/m0/s1. The molecule has 0 unspecified atom stereocenters. The van der Waals surface area contributed by atoms with Crippen molar-refractivity contribution in [2.45, 2.75) is 64.6 Å². The molecule has 1 aliphatic heterocycles. The zero-order valence-electron chi connectivity index (χ0n) is 9.44. The minimum absolute atomic E-state index is 0.263. The average Bonchev–Trinajstić information content (AvgIpc) is 2.47. The minimum atomic E-state index is -3.71. The van der Waals surface area contributed by atoms with Crippen LogP contribution in [0.5, 0.6) is 0 Å². The van der Waals surface area contributed by atoms with Crippen LogP contribution in [0, 0.1) is 0 Å². The monoisotopic (exact) mass is 236 g/mol. The van der Waals surface area contributed by atoms with Crippen molar-refractivity contribution in [3.8, 4) is 0 Å². The highest BCUT2D eigenvalue weighted by molar-refractivity contribution is 7.82. The van der Waals surface area contributed by atoms with E-state index in [0.29, 0.717) is 0 Å². The molecular formula is C10H20O4S. The van der Waals surface area contributed by atoms with Crippen LogP contribution in [0.25, 0.3) is 0 Å². The first-order valence-corrected chi connectivity index (χ1v) is 7.04. The summed E-state index contributed by atoms with van der Waals surface area (Å²) in [6.45, 7) is 4.15. The van der Waals surface area contributed by atoms with E-state index in [0.717, 1.165) is 38.5 Å². The van der Waals surface area contributed by atoms with E-state index in [4.69, 9.17) is 8.37 Å². The van der Waals surface area contributed by atoms with Gasteiger partial charge in [0.25, 0.3) is 0 Å². The quantitative estimate of drug-likeness (QED) is 0.710. The highest BCUT2D eigenvalue weighted by Gasteiger charge is 2.38. The van der Waals surface area contributed by atoms with Gasteiger partial charge >= 0.3 is 10.4 Å². The third kappa shape index (κ3) is 4.09. The van der Waals surface area contributed by atoms with Crippen LogP contribution in [0.2, 0.25) is 0 Å². The summed E-state index contributed by atoms with van der Waals surface area (Å²) in [7, 11) is -3.71. The average molecular weight is 236 g/mol. The Hall–Kier alpha value is -0.130. The minimum Gasteiger partial charge on any atom is -0.242 e. The van der Waals surface area contributed by atoms with E-state index >= 15 is 0 Å². The fourth-order valence-electron chi connectivity index (χ4n) is 1.73. The van der Waals surface area contributed by atoms with Gasteiger partial charge in [0.2, 0.25) is 0 Å². The van der Waals surface area contributed by atoms with Crippen LogP contribution in [0.15, 0.2) is 0 Å². The summed E-state index contributed by atoms with van der Waals surface area (Å²) >= 11 is 0. The van der Waals surface area contributed by atoms with E-state index < -0.39 is 10.4 Å². The predicted molar refractivity (Wildman–Crippen MR) is 57.7 cm³/mol. The second kappa shape index (κ2) is 5.82. The Morgan fingerprint density at radius 2 is 1.33 bits per heavy atom. The van der Waals surface area contributed by atoms with Crippen LogP contribution in [-0.2, 0) is 18.8 Å². The second-order valence-electron chi connectivity index (χ2n) is 3.96. The van der Waals surface area contributed by atoms with Gasteiger partial charge < -0.3 is 0 Å². The molecule has 0 aliphatic carbocycles. The Morgan fingerprint density at radius 3 is 1.67 bits per heavy atom. The van der Waals surface area contributed by atoms with Crippen molar-refractivity contribution in [1.82, 2.24) is 0 Å². The number of hydrogen-bond acceptors (Lipinski definition) is 4. The lowest BCUT2D eigenvalue weighted by atomic mass is 10.0. The first-order chi connectivity index (χ1) is 7.09. The lowest BCUT2D eigenvalue weighted by molar-refractivity contribution is 0.134. The van der Waals surface area contributed by atoms with Crippen molar-refractivity contribution in [1.29, 1.82) is 0 Å². The SMILES string of the molecule is CCCC[C@@H]1OS(=O)(=O)O[C@H]1CCCC. The van der Waals surface area contributed by atoms with Crippen molar-refractivity contribution in [3.63, 3.8) is 0 Å². The number of unbranched alkanes of at least 4 members (excludes halogenated alkanes) is 2. The molecule has 0 aromatic carbocycles. The van der Waals surface area contributed by atoms with E-state index in [2.05, 4.69) is 13.8 Å². The van der Waals surface area contributed by atoms with E-state index in [9.17, 15) is 8.42 Å². The first-order valence-electron chi connectivity index (χ1n) is 5.70. The van der Waals surface area contributed by atoms with Gasteiger partial charge in [0.05, 0.1) is 0 Å². The topological polar surface area (TPSA) is 52.6 Å². The Morgan fingerprint density at radius 1 is 0.933 bits per heavy atom. The van der Waals surface area contributed by atoms with Gasteiger partial charge in [-0.15, -0.1) is 0 Å². The van der Waals surface area contributed by atoms with E-state index in [-0.39, 0.29) is 12.2 Å². The van der Waals surface area contributed by atoms with E-state index in [1.54, 1.807) is 0 Å². The molecule has 0 spiro atoms. The molecular weight excluding hydrogens is 216 g/mol. The lowest BCUT2D eigenvalue weighted by Gasteiger charge is -2.13. The van der Waals surface area contributed by atoms with Crippen molar-refractivity contribution in [2.24, 2.45) is 0 Å². The molecule has 0 N–H and O–H groups in total. The smallest absolute Gasteiger partial charge is 0.242 e. The molecule has 0 aromatic heterocycles. The van der Waals surface area contributed by atoms with Gasteiger partial charge in [-0.3, -0.25) is 0 Å². The summed E-state index contributed by atoms with van der Waals surface area (Å²) in [5, 5.41) is 0. The summed E-state index contributed by atoms with van der Waals surface area (Å²) in [4.78, 5) is 0. The van der Waals surface area contributed by atoms with Gasteiger partial charge in [-0.2, -0.15) is 8.42 Å². The van der Waals surface area contributed by atoms with Crippen LogP contribution in [0.4, 0.5) is 0 Å². The first kappa shape index (κ1) is 12.9. The normalized spacial score (nSPS) is 29.5. The van der Waals surface area contributed by atoms with Crippen LogP contribution < -0.4 is 0 Å². The Labute approximate surface area is 92.3 Å². The fraction of sp³-hybridized carbons (Fsp3) is 1.00. The highest BCUT2D eigenvalue weighted by atomic mass is 32.3. The van der Waals surface area contributed by atoms with Crippen LogP contribution in [0.3, 0.4) is 0 Å². The third-order valence-corrected chi connectivity index (χ3v) is 3.55. The summed E-state index contributed by atoms with van der Waals surface area (Å²) in [5.74, 6) is 0. The molecule has 15 heavy (non-hydrogen) atoms. The van der Waals surface area contributed by atoms with Crippen molar-refractivity contribution >= 4 is 10.4 Å². The van der Waals surface area contributed by atoms with Crippen molar-refractivity contribution in [3.05, 3.63) is 0 Å². The molecule has 5 heteroatoms. The predicted octanol–water partition coefficient (Wildman–Crippen LogP) is 2.40. The molecule has 2 atom stereocenters. The molecule has 1 heterocycles.